The summed E-state index contributed by atoms with van der Waals surface area (Å²) in [4.78, 5) is 19.0. The van der Waals surface area contributed by atoms with Crippen LogP contribution in [0.3, 0.4) is 0 Å². The molecule has 1 aromatic carbocycles. The van der Waals surface area contributed by atoms with E-state index in [9.17, 15) is 13.6 Å². The van der Waals surface area contributed by atoms with Crippen LogP contribution < -0.4 is 5.32 Å². The van der Waals surface area contributed by atoms with E-state index in [1.54, 1.807) is 0 Å². The maximum Gasteiger partial charge on any atom is 0.276 e. The van der Waals surface area contributed by atoms with Gasteiger partial charge in [-0.25, -0.2) is 13.8 Å². The molecule has 1 N–H and O–H groups in total. The highest BCUT2D eigenvalue weighted by molar-refractivity contribution is 6.02. The van der Waals surface area contributed by atoms with Gasteiger partial charge >= 0.3 is 0 Å². The fourth-order valence-electron chi connectivity index (χ4n) is 1.21. The van der Waals surface area contributed by atoms with Crippen molar-refractivity contribution in [1.82, 2.24) is 9.97 Å². The zero-order chi connectivity index (χ0) is 12.3. The third-order valence-corrected chi connectivity index (χ3v) is 2.00. The minimum Gasteiger partial charge on any atom is -0.316 e. The molecular formula is C11H7F2N3O. The van der Waals surface area contributed by atoms with Gasteiger partial charge in [-0.15, -0.1) is 0 Å². The highest BCUT2D eigenvalue weighted by atomic mass is 19.1. The Morgan fingerprint density at radius 3 is 2.47 bits per heavy atom. The van der Waals surface area contributed by atoms with Gasteiger partial charge in [0.1, 0.15) is 23.0 Å². The molecule has 0 spiro atoms. The first kappa shape index (κ1) is 11.1. The first-order chi connectivity index (χ1) is 8.18. The van der Waals surface area contributed by atoms with Crippen LogP contribution in [-0.2, 0) is 0 Å². The summed E-state index contributed by atoms with van der Waals surface area (Å²) < 4.78 is 26.5. The fraction of sp³-hybridized carbons (Fsp3) is 0. The van der Waals surface area contributed by atoms with Crippen LogP contribution in [-0.4, -0.2) is 15.9 Å². The largest absolute Gasteiger partial charge is 0.316 e. The first-order valence-corrected chi connectivity index (χ1v) is 4.70. The Morgan fingerprint density at radius 1 is 1.18 bits per heavy atom. The summed E-state index contributed by atoms with van der Waals surface area (Å²) in [7, 11) is 0. The molecule has 2 rings (SSSR count). The average Bonchev–Trinajstić information content (AvgIpc) is 2.35. The summed E-state index contributed by atoms with van der Waals surface area (Å²) in [5.41, 5.74) is -0.515. The second kappa shape index (κ2) is 4.65. The zero-order valence-electron chi connectivity index (χ0n) is 8.52. The monoisotopic (exact) mass is 235 g/mol. The van der Waals surface area contributed by atoms with E-state index in [0.717, 1.165) is 12.1 Å². The second-order valence-corrected chi connectivity index (χ2v) is 3.14. The third-order valence-electron chi connectivity index (χ3n) is 2.00. The Labute approximate surface area is 95.3 Å². The number of rotatable bonds is 2. The lowest BCUT2D eigenvalue weighted by Crippen LogP contribution is -2.15. The molecule has 1 aromatic heterocycles. The molecule has 0 atom stereocenters. The van der Waals surface area contributed by atoms with E-state index in [2.05, 4.69) is 15.3 Å². The van der Waals surface area contributed by atoms with E-state index in [-0.39, 0.29) is 5.69 Å². The SMILES string of the molecule is O=C(Nc1c(F)cccc1F)c1cnccn1. The molecule has 1 heterocycles. The number of amides is 1. The van der Waals surface area contributed by atoms with Gasteiger partial charge in [0.25, 0.3) is 5.91 Å². The number of hydrogen-bond acceptors (Lipinski definition) is 3. The molecule has 0 unspecified atom stereocenters. The van der Waals surface area contributed by atoms with Gasteiger partial charge in [0, 0.05) is 12.4 Å². The number of hydrogen-bond donors (Lipinski definition) is 1. The van der Waals surface area contributed by atoms with E-state index in [4.69, 9.17) is 0 Å². The quantitative estimate of drug-likeness (QED) is 0.866. The van der Waals surface area contributed by atoms with Crippen LogP contribution in [0.2, 0.25) is 0 Å². The Bertz CT molecular complexity index is 525. The molecule has 6 heteroatoms. The molecule has 0 saturated heterocycles. The lowest BCUT2D eigenvalue weighted by Gasteiger charge is -2.06. The molecule has 0 aliphatic heterocycles. The van der Waals surface area contributed by atoms with Gasteiger partial charge in [0.2, 0.25) is 0 Å². The summed E-state index contributed by atoms with van der Waals surface area (Å²) in [5, 5.41) is 2.10. The smallest absolute Gasteiger partial charge is 0.276 e. The van der Waals surface area contributed by atoms with Crippen molar-refractivity contribution in [2.75, 3.05) is 5.32 Å². The van der Waals surface area contributed by atoms with Crippen LogP contribution in [0.1, 0.15) is 10.5 Å². The highest BCUT2D eigenvalue weighted by Crippen LogP contribution is 2.18. The van der Waals surface area contributed by atoms with Crippen LogP contribution in [0.4, 0.5) is 14.5 Å². The summed E-state index contributed by atoms with van der Waals surface area (Å²) in [5.74, 6) is -2.41. The molecule has 1 amide bonds. The number of nitrogens with zero attached hydrogens (tertiary/aromatic N) is 2. The van der Waals surface area contributed by atoms with Gasteiger partial charge in [0.15, 0.2) is 0 Å². The minimum absolute atomic E-state index is 0.0184. The molecule has 0 aliphatic carbocycles. The van der Waals surface area contributed by atoms with Crippen molar-refractivity contribution in [2.24, 2.45) is 0 Å². The lowest BCUT2D eigenvalue weighted by molar-refractivity contribution is 0.102. The van der Waals surface area contributed by atoms with Gasteiger partial charge < -0.3 is 5.32 Å². The summed E-state index contributed by atoms with van der Waals surface area (Å²) in [6, 6.07) is 3.31. The number of anilines is 1. The van der Waals surface area contributed by atoms with Crippen LogP contribution in [0.15, 0.2) is 36.8 Å². The van der Waals surface area contributed by atoms with Crippen molar-refractivity contribution in [3.63, 3.8) is 0 Å². The van der Waals surface area contributed by atoms with E-state index in [0.29, 0.717) is 0 Å². The van der Waals surface area contributed by atoms with Gasteiger partial charge in [-0.2, -0.15) is 0 Å². The van der Waals surface area contributed by atoms with E-state index >= 15 is 0 Å². The number of nitrogens with one attached hydrogen (secondary N) is 1. The summed E-state index contributed by atoms with van der Waals surface area (Å²) in [6.07, 6.45) is 3.90. The zero-order valence-corrected chi connectivity index (χ0v) is 8.52. The normalized spacial score (nSPS) is 10.0. The molecule has 0 fully saturated rings. The number of carbonyl (C=O) groups excluding carboxylic acids is 1. The maximum absolute atomic E-state index is 13.2. The maximum atomic E-state index is 13.2. The molecule has 17 heavy (non-hydrogen) atoms. The van der Waals surface area contributed by atoms with E-state index in [1.807, 2.05) is 0 Å². The number of halogens is 2. The van der Waals surface area contributed by atoms with Gasteiger partial charge in [-0.05, 0) is 12.1 Å². The second-order valence-electron chi connectivity index (χ2n) is 3.14. The lowest BCUT2D eigenvalue weighted by atomic mass is 10.3. The molecule has 0 saturated carbocycles. The number of para-hydroxylation sites is 1. The van der Waals surface area contributed by atoms with Crippen LogP contribution in [0, 0.1) is 11.6 Å². The standard InChI is InChI=1S/C11H7F2N3O/c12-7-2-1-3-8(13)10(7)16-11(17)9-6-14-4-5-15-9/h1-6H,(H,16,17). The van der Waals surface area contributed by atoms with Gasteiger partial charge in [-0.1, -0.05) is 6.07 Å². The molecule has 86 valence electrons. The van der Waals surface area contributed by atoms with E-state index < -0.39 is 23.2 Å². The Kier molecular flexibility index (Phi) is 3.04. The average molecular weight is 235 g/mol. The summed E-state index contributed by atoms with van der Waals surface area (Å²) in [6.45, 7) is 0. The van der Waals surface area contributed by atoms with Crippen LogP contribution >= 0.6 is 0 Å². The summed E-state index contributed by atoms with van der Waals surface area (Å²) >= 11 is 0. The molecular weight excluding hydrogens is 228 g/mol. The Hall–Kier alpha value is -2.37. The number of benzene rings is 1. The number of aromatic nitrogens is 2. The Balaban J connectivity index is 2.25. The molecule has 2 aromatic rings. The molecule has 0 radical (unpaired) electrons. The predicted octanol–water partition coefficient (Wildman–Crippen LogP) is 2.01. The topological polar surface area (TPSA) is 54.9 Å². The van der Waals surface area contributed by atoms with Gasteiger partial charge in [0.05, 0.1) is 6.20 Å². The van der Waals surface area contributed by atoms with Gasteiger partial charge in [-0.3, -0.25) is 9.78 Å². The molecule has 4 nitrogen and oxygen atoms in total. The Morgan fingerprint density at radius 2 is 1.88 bits per heavy atom. The van der Waals surface area contributed by atoms with Crippen molar-refractivity contribution in [1.29, 1.82) is 0 Å². The van der Waals surface area contributed by atoms with E-state index in [1.165, 1.54) is 24.7 Å². The molecule has 0 bridgehead atoms. The molecule has 0 aliphatic rings. The first-order valence-electron chi connectivity index (χ1n) is 4.70. The van der Waals surface area contributed by atoms with Crippen LogP contribution in [0.25, 0.3) is 0 Å². The van der Waals surface area contributed by atoms with Crippen molar-refractivity contribution < 1.29 is 13.6 Å². The fourth-order valence-corrected chi connectivity index (χ4v) is 1.21. The van der Waals surface area contributed by atoms with Crippen molar-refractivity contribution in [2.45, 2.75) is 0 Å². The number of carbonyl (C=O) groups is 1. The van der Waals surface area contributed by atoms with Crippen molar-refractivity contribution in [3.8, 4) is 0 Å². The van der Waals surface area contributed by atoms with Crippen molar-refractivity contribution in [3.05, 3.63) is 54.1 Å². The third kappa shape index (κ3) is 2.41. The van der Waals surface area contributed by atoms with Crippen molar-refractivity contribution >= 4 is 11.6 Å². The predicted molar refractivity (Wildman–Crippen MR) is 56.3 cm³/mol. The van der Waals surface area contributed by atoms with Crippen LogP contribution in [0.5, 0.6) is 0 Å². The minimum atomic E-state index is -0.845. The highest BCUT2D eigenvalue weighted by Gasteiger charge is 2.13.